The number of ether oxygens (including phenoxy) is 1. The van der Waals surface area contributed by atoms with Crippen LogP contribution in [0.2, 0.25) is 0 Å². The van der Waals surface area contributed by atoms with Crippen molar-refractivity contribution in [1.29, 1.82) is 0 Å². The van der Waals surface area contributed by atoms with E-state index in [1.54, 1.807) is 24.1 Å². The minimum Gasteiger partial charge on any atom is -0.452 e. The number of ketones is 1. The van der Waals surface area contributed by atoms with Crippen LogP contribution in [-0.4, -0.2) is 29.3 Å². The standard InChI is InChI=1S/C18H18N2O3/c1-13-15-5-3-4-6-17(15)23-18(13)16(21)8-7-14-11-19-20(12-14)9-10-22-2/h3-8,11-12H,9-10H2,1-2H3/b8-7+. The Bertz CT molecular complexity index is 858. The lowest BCUT2D eigenvalue weighted by molar-refractivity contribution is 0.102. The molecule has 0 unspecified atom stereocenters. The number of hydrogen-bond donors (Lipinski definition) is 0. The first kappa shape index (κ1) is 15.2. The Morgan fingerprint density at radius 1 is 1.39 bits per heavy atom. The van der Waals surface area contributed by atoms with Crippen LogP contribution in [0.15, 0.2) is 47.2 Å². The van der Waals surface area contributed by atoms with Crippen molar-refractivity contribution in [3.63, 3.8) is 0 Å². The molecule has 0 fully saturated rings. The number of benzene rings is 1. The van der Waals surface area contributed by atoms with Gasteiger partial charge in [-0.2, -0.15) is 5.10 Å². The third-order valence-corrected chi connectivity index (χ3v) is 3.67. The summed E-state index contributed by atoms with van der Waals surface area (Å²) in [4.78, 5) is 12.4. The van der Waals surface area contributed by atoms with Crippen LogP contribution in [0.25, 0.3) is 17.0 Å². The smallest absolute Gasteiger partial charge is 0.221 e. The van der Waals surface area contributed by atoms with E-state index in [2.05, 4.69) is 5.10 Å². The van der Waals surface area contributed by atoms with Gasteiger partial charge in [0.25, 0.3) is 0 Å². The molecule has 2 aromatic heterocycles. The molecule has 3 aromatic rings. The van der Waals surface area contributed by atoms with Crippen molar-refractivity contribution < 1.29 is 13.9 Å². The fourth-order valence-electron chi connectivity index (χ4n) is 2.43. The summed E-state index contributed by atoms with van der Waals surface area (Å²) in [5.41, 5.74) is 2.46. The van der Waals surface area contributed by atoms with Crippen LogP contribution in [0.3, 0.4) is 0 Å². The third kappa shape index (κ3) is 3.24. The Kier molecular flexibility index (Phi) is 4.39. The Hall–Kier alpha value is -2.66. The molecule has 0 atom stereocenters. The van der Waals surface area contributed by atoms with E-state index in [1.807, 2.05) is 37.4 Å². The van der Waals surface area contributed by atoms with Crippen molar-refractivity contribution in [3.8, 4) is 0 Å². The molecular formula is C18H18N2O3. The van der Waals surface area contributed by atoms with Crippen molar-refractivity contribution in [2.75, 3.05) is 13.7 Å². The lowest BCUT2D eigenvalue weighted by atomic mass is 10.1. The molecule has 0 aliphatic rings. The lowest BCUT2D eigenvalue weighted by Crippen LogP contribution is -2.03. The zero-order chi connectivity index (χ0) is 16.2. The summed E-state index contributed by atoms with van der Waals surface area (Å²) in [5.74, 6) is 0.234. The highest BCUT2D eigenvalue weighted by Crippen LogP contribution is 2.25. The molecule has 0 aliphatic heterocycles. The predicted molar refractivity (Wildman–Crippen MR) is 88.4 cm³/mol. The van der Waals surface area contributed by atoms with Crippen LogP contribution < -0.4 is 0 Å². The Morgan fingerprint density at radius 3 is 3.00 bits per heavy atom. The first-order valence-electron chi connectivity index (χ1n) is 7.41. The van der Waals surface area contributed by atoms with Crippen LogP contribution in [0.5, 0.6) is 0 Å². The number of furan rings is 1. The fraction of sp³-hybridized carbons (Fsp3) is 0.222. The molecule has 0 saturated heterocycles. The highest BCUT2D eigenvalue weighted by atomic mass is 16.5. The number of aryl methyl sites for hydroxylation is 1. The van der Waals surface area contributed by atoms with Crippen molar-refractivity contribution >= 4 is 22.8 Å². The van der Waals surface area contributed by atoms with Gasteiger partial charge < -0.3 is 9.15 Å². The van der Waals surface area contributed by atoms with E-state index in [0.29, 0.717) is 18.9 Å². The number of methoxy groups -OCH3 is 1. The van der Waals surface area contributed by atoms with Gasteiger partial charge >= 0.3 is 0 Å². The second kappa shape index (κ2) is 6.62. The van der Waals surface area contributed by atoms with E-state index < -0.39 is 0 Å². The summed E-state index contributed by atoms with van der Waals surface area (Å²) in [6.45, 7) is 3.18. The number of aromatic nitrogens is 2. The second-order valence-electron chi connectivity index (χ2n) is 5.28. The van der Waals surface area contributed by atoms with Crippen LogP contribution >= 0.6 is 0 Å². The molecule has 0 saturated carbocycles. The molecule has 118 valence electrons. The van der Waals surface area contributed by atoms with E-state index >= 15 is 0 Å². The monoisotopic (exact) mass is 310 g/mol. The van der Waals surface area contributed by atoms with Crippen molar-refractivity contribution in [2.24, 2.45) is 0 Å². The fourth-order valence-corrected chi connectivity index (χ4v) is 2.43. The first-order valence-corrected chi connectivity index (χ1v) is 7.41. The van der Waals surface area contributed by atoms with Crippen LogP contribution in [0.1, 0.15) is 21.7 Å². The molecule has 3 rings (SSSR count). The van der Waals surface area contributed by atoms with E-state index in [9.17, 15) is 4.79 Å². The molecule has 0 spiro atoms. The average Bonchev–Trinajstić information content (AvgIpc) is 3.16. The summed E-state index contributed by atoms with van der Waals surface area (Å²) in [6, 6.07) is 7.64. The zero-order valence-corrected chi connectivity index (χ0v) is 13.2. The van der Waals surface area contributed by atoms with Gasteiger partial charge in [-0.1, -0.05) is 18.2 Å². The SMILES string of the molecule is COCCn1cc(/C=C/C(=O)c2oc3ccccc3c2C)cn1. The number of carbonyl (C=O) groups excluding carboxylic acids is 1. The molecule has 5 nitrogen and oxygen atoms in total. The molecule has 0 aliphatic carbocycles. The van der Waals surface area contributed by atoms with Gasteiger partial charge in [0.1, 0.15) is 5.58 Å². The van der Waals surface area contributed by atoms with E-state index in [-0.39, 0.29) is 5.78 Å². The Labute approximate surface area is 134 Å². The number of hydrogen-bond acceptors (Lipinski definition) is 4. The summed E-state index contributed by atoms with van der Waals surface area (Å²) in [5, 5.41) is 5.18. The minimum absolute atomic E-state index is 0.150. The summed E-state index contributed by atoms with van der Waals surface area (Å²) >= 11 is 0. The molecule has 5 heteroatoms. The lowest BCUT2D eigenvalue weighted by Gasteiger charge is -1.97. The summed E-state index contributed by atoms with van der Waals surface area (Å²) in [6.07, 6.45) is 6.84. The number of nitrogens with zero attached hydrogens (tertiary/aromatic N) is 2. The molecule has 1 aromatic carbocycles. The maximum atomic E-state index is 12.4. The molecule has 0 amide bonds. The Balaban J connectivity index is 1.77. The average molecular weight is 310 g/mol. The van der Waals surface area contributed by atoms with Gasteiger partial charge in [0, 0.05) is 29.8 Å². The topological polar surface area (TPSA) is 57.3 Å². The number of allylic oxidation sites excluding steroid dienone is 1. The van der Waals surface area contributed by atoms with Gasteiger partial charge in [0.15, 0.2) is 5.76 Å². The quantitative estimate of drug-likeness (QED) is 0.516. The maximum Gasteiger partial charge on any atom is 0.221 e. The van der Waals surface area contributed by atoms with Crippen LogP contribution in [-0.2, 0) is 11.3 Å². The Morgan fingerprint density at radius 2 is 2.22 bits per heavy atom. The molecule has 0 N–H and O–H groups in total. The zero-order valence-electron chi connectivity index (χ0n) is 13.2. The van der Waals surface area contributed by atoms with Crippen molar-refractivity contribution in [3.05, 3.63) is 59.6 Å². The van der Waals surface area contributed by atoms with E-state index in [4.69, 9.17) is 9.15 Å². The predicted octanol–water partition coefficient (Wildman–Crippen LogP) is 3.48. The number of para-hydroxylation sites is 1. The highest BCUT2D eigenvalue weighted by Gasteiger charge is 2.14. The minimum atomic E-state index is -0.150. The van der Waals surface area contributed by atoms with Crippen LogP contribution in [0, 0.1) is 6.92 Å². The molecular weight excluding hydrogens is 292 g/mol. The van der Waals surface area contributed by atoms with Gasteiger partial charge in [-0.25, -0.2) is 0 Å². The van der Waals surface area contributed by atoms with Gasteiger partial charge in [-0.3, -0.25) is 9.48 Å². The number of carbonyl (C=O) groups is 1. The van der Waals surface area contributed by atoms with Crippen LogP contribution in [0.4, 0.5) is 0 Å². The first-order chi connectivity index (χ1) is 11.2. The van der Waals surface area contributed by atoms with Gasteiger partial charge in [0.05, 0.1) is 19.3 Å². The van der Waals surface area contributed by atoms with Crippen molar-refractivity contribution in [2.45, 2.75) is 13.5 Å². The third-order valence-electron chi connectivity index (χ3n) is 3.67. The largest absolute Gasteiger partial charge is 0.452 e. The maximum absolute atomic E-state index is 12.4. The normalized spacial score (nSPS) is 11.6. The molecule has 2 heterocycles. The van der Waals surface area contributed by atoms with E-state index in [0.717, 1.165) is 22.1 Å². The number of rotatable bonds is 6. The summed E-state index contributed by atoms with van der Waals surface area (Å²) in [7, 11) is 1.65. The number of fused-ring (bicyclic) bond motifs is 1. The highest BCUT2D eigenvalue weighted by molar-refractivity contribution is 6.08. The van der Waals surface area contributed by atoms with Gasteiger partial charge in [-0.15, -0.1) is 0 Å². The summed E-state index contributed by atoms with van der Waals surface area (Å²) < 4.78 is 12.5. The second-order valence-corrected chi connectivity index (χ2v) is 5.28. The molecule has 0 bridgehead atoms. The molecule has 0 radical (unpaired) electrons. The van der Waals surface area contributed by atoms with Gasteiger partial charge in [0.2, 0.25) is 5.78 Å². The van der Waals surface area contributed by atoms with Crippen molar-refractivity contribution in [1.82, 2.24) is 9.78 Å². The molecule has 23 heavy (non-hydrogen) atoms. The van der Waals surface area contributed by atoms with E-state index in [1.165, 1.54) is 6.08 Å². The van der Waals surface area contributed by atoms with Gasteiger partial charge in [-0.05, 0) is 25.1 Å².